The number of pyridine rings is 1. The van der Waals surface area contributed by atoms with Gasteiger partial charge in [0.05, 0.1) is 15.5 Å². The summed E-state index contributed by atoms with van der Waals surface area (Å²) in [5, 5.41) is 0.366. The van der Waals surface area contributed by atoms with E-state index in [0.29, 0.717) is 15.6 Å². The van der Waals surface area contributed by atoms with Crippen molar-refractivity contribution >= 4 is 43.0 Å². The Balaban J connectivity index is 1.77. The van der Waals surface area contributed by atoms with Crippen LogP contribution < -0.4 is 9.66 Å². The third kappa shape index (κ3) is 4.29. The molecule has 0 radical (unpaired) electrons. The number of nitrogens with one attached hydrogen (secondary N) is 2. The molecular formula is C15H12ClN3O4S3. The maximum atomic E-state index is 12.3. The van der Waals surface area contributed by atoms with Crippen molar-refractivity contribution in [1.82, 2.24) is 14.6 Å². The Morgan fingerprint density at radius 3 is 2.19 bits per heavy atom. The standard InChI is InChI=1S/C15H12ClN3O4S3/c16-11-4-6-12(7-5-11)25(20,21)18-19-26(22,23)15-9-8-14(24-15)13-3-1-2-10-17-13/h1-10,18-19H. The van der Waals surface area contributed by atoms with E-state index < -0.39 is 20.0 Å². The molecule has 0 saturated carbocycles. The van der Waals surface area contributed by atoms with Gasteiger partial charge in [0, 0.05) is 11.2 Å². The molecule has 0 amide bonds. The predicted molar refractivity (Wildman–Crippen MR) is 99.6 cm³/mol. The molecule has 0 aliphatic rings. The molecule has 2 aromatic heterocycles. The fourth-order valence-corrected chi connectivity index (χ4v) is 5.45. The molecule has 0 unspecified atom stereocenters. The lowest BCUT2D eigenvalue weighted by molar-refractivity contribution is 0.559. The topological polar surface area (TPSA) is 105 Å². The van der Waals surface area contributed by atoms with Crippen LogP contribution in [0.15, 0.2) is 69.9 Å². The minimum Gasteiger partial charge on any atom is -0.255 e. The van der Waals surface area contributed by atoms with E-state index in [1.807, 2.05) is 9.66 Å². The van der Waals surface area contributed by atoms with Crippen LogP contribution in [0.5, 0.6) is 0 Å². The molecular weight excluding hydrogens is 418 g/mol. The monoisotopic (exact) mass is 429 g/mol. The third-order valence-electron chi connectivity index (χ3n) is 3.20. The smallest absolute Gasteiger partial charge is 0.255 e. The van der Waals surface area contributed by atoms with E-state index in [4.69, 9.17) is 11.6 Å². The largest absolute Gasteiger partial charge is 0.263 e. The van der Waals surface area contributed by atoms with Crippen molar-refractivity contribution in [3.05, 3.63) is 65.8 Å². The Labute approximate surface area is 159 Å². The molecule has 0 saturated heterocycles. The Hall–Kier alpha value is -1.82. The highest BCUT2D eigenvalue weighted by molar-refractivity contribution is 7.93. The molecule has 0 aliphatic heterocycles. The molecule has 3 aromatic rings. The highest BCUT2D eigenvalue weighted by atomic mass is 35.5. The lowest BCUT2D eigenvalue weighted by atomic mass is 10.3. The fraction of sp³-hybridized carbons (Fsp3) is 0. The van der Waals surface area contributed by atoms with Crippen LogP contribution in [0, 0.1) is 0 Å². The normalized spacial score (nSPS) is 12.2. The highest BCUT2D eigenvalue weighted by Gasteiger charge is 2.21. The van der Waals surface area contributed by atoms with Gasteiger partial charge in [-0.05, 0) is 48.5 Å². The van der Waals surface area contributed by atoms with E-state index in [0.717, 1.165) is 11.3 Å². The van der Waals surface area contributed by atoms with Gasteiger partial charge in [0.25, 0.3) is 20.0 Å². The quantitative estimate of drug-likeness (QED) is 0.586. The number of thiophene rings is 1. The molecule has 0 aliphatic carbocycles. The van der Waals surface area contributed by atoms with Crippen molar-refractivity contribution in [1.29, 1.82) is 0 Å². The van der Waals surface area contributed by atoms with E-state index >= 15 is 0 Å². The van der Waals surface area contributed by atoms with Crippen molar-refractivity contribution in [2.45, 2.75) is 9.10 Å². The highest BCUT2D eigenvalue weighted by Crippen LogP contribution is 2.29. The second-order valence-corrected chi connectivity index (χ2v) is 10.1. The molecule has 0 atom stereocenters. The number of hydrogen-bond donors (Lipinski definition) is 2. The molecule has 2 N–H and O–H groups in total. The number of hydrogen-bond acceptors (Lipinski definition) is 6. The first-order valence-electron chi connectivity index (χ1n) is 7.08. The number of hydrazine groups is 1. The molecule has 0 spiro atoms. The second kappa shape index (κ2) is 7.43. The number of nitrogens with zero attached hydrogens (tertiary/aromatic N) is 1. The average Bonchev–Trinajstić information content (AvgIpc) is 3.13. The minimum absolute atomic E-state index is 0.0445. The maximum Gasteiger partial charge on any atom is 0.263 e. The van der Waals surface area contributed by atoms with E-state index in [9.17, 15) is 16.8 Å². The lowest BCUT2D eigenvalue weighted by Crippen LogP contribution is -2.41. The first kappa shape index (κ1) is 19.0. The molecule has 0 fully saturated rings. The van der Waals surface area contributed by atoms with Gasteiger partial charge in [-0.25, -0.2) is 16.8 Å². The third-order valence-corrected chi connectivity index (χ3v) is 7.69. The zero-order chi connectivity index (χ0) is 18.8. The van der Waals surface area contributed by atoms with Gasteiger partial charge in [-0.3, -0.25) is 4.98 Å². The summed E-state index contributed by atoms with van der Waals surface area (Å²) in [4.78, 5) is 8.42. The van der Waals surface area contributed by atoms with Crippen molar-refractivity contribution < 1.29 is 16.8 Å². The molecule has 2 heterocycles. The molecule has 0 bridgehead atoms. The SMILES string of the molecule is O=S(=O)(NNS(=O)(=O)c1ccc(-c2ccccn2)s1)c1ccc(Cl)cc1. The molecule has 3 rings (SSSR count). The summed E-state index contributed by atoms with van der Waals surface area (Å²) in [5.41, 5.74) is 0.626. The number of rotatable bonds is 6. The molecule has 136 valence electrons. The van der Waals surface area contributed by atoms with E-state index in [2.05, 4.69) is 4.98 Å². The molecule has 26 heavy (non-hydrogen) atoms. The van der Waals surface area contributed by atoms with Gasteiger partial charge in [-0.2, -0.15) is 0 Å². The van der Waals surface area contributed by atoms with Gasteiger partial charge < -0.3 is 0 Å². The van der Waals surface area contributed by atoms with E-state index in [1.54, 1.807) is 30.5 Å². The first-order valence-corrected chi connectivity index (χ1v) is 11.2. The number of aromatic nitrogens is 1. The van der Waals surface area contributed by atoms with Gasteiger partial charge in [-0.1, -0.05) is 17.7 Å². The van der Waals surface area contributed by atoms with Crippen molar-refractivity contribution in [3.8, 4) is 10.6 Å². The minimum atomic E-state index is -4.07. The van der Waals surface area contributed by atoms with Crippen LogP contribution in [0.2, 0.25) is 5.02 Å². The molecule has 7 nitrogen and oxygen atoms in total. The van der Waals surface area contributed by atoms with Crippen molar-refractivity contribution in [2.24, 2.45) is 0 Å². The number of halogens is 1. The van der Waals surface area contributed by atoms with E-state index in [1.165, 1.54) is 30.3 Å². The van der Waals surface area contributed by atoms with Gasteiger partial charge in [0.1, 0.15) is 4.21 Å². The van der Waals surface area contributed by atoms with Crippen LogP contribution in [0.25, 0.3) is 10.6 Å². The summed E-state index contributed by atoms with van der Waals surface area (Å²) in [7, 11) is -8.14. The van der Waals surface area contributed by atoms with Crippen LogP contribution in [0.1, 0.15) is 0 Å². The summed E-state index contributed by atoms with van der Waals surface area (Å²) in [6.07, 6.45) is 1.60. The molecule has 11 heteroatoms. The lowest BCUT2D eigenvalue weighted by Gasteiger charge is -2.08. The Bertz CT molecular complexity index is 1110. The van der Waals surface area contributed by atoms with Crippen LogP contribution in [-0.2, 0) is 20.0 Å². The number of benzene rings is 1. The summed E-state index contributed by atoms with van der Waals surface area (Å²) in [6, 6.07) is 13.6. The van der Waals surface area contributed by atoms with Crippen LogP contribution in [0.3, 0.4) is 0 Å². The predicted octanol–water partition coefficient (Wildman–Crippen LogP) is 2.64. The number of sulfonamides is 2. The second-order valence-electron chi connectivity index (χ2n) is 5.00. The summed E-state index contributed by atoms with van der Waals surface area (Å²) in [6.45, 7) is 0. The van der Waals surface area contributed by atoms with Crippen LogP contribution >= 0.6 is 22.9 Å². The Kier molecular flexibility index (Phi) is 5.42. The summed E-state index contributed by atoms with van der Waals surface area (Å²) < 4.78 is 49.0. The zero-order valence-corrected chi connectivity index (χ0v) is 16.2. The average molecular weight is 430 g/mol. The van der Waals surface area contributed by atoms with Crippen molar-refractivity contribution in [2.75, 3.05) is 0 Å². The van der Waals surface area contributed by atoms with Crippen LogP contribution in [-0.4, -0.2) is 21.8 Å². The summed E-state index contributed by atoms with van der Waals surface area (Å²) in [5.74, 6) is 0. The van der Waals surface area contributed by atoms with Gasteiger partial charge >= 0.3 is 0 Å². The fourth-order valence-electron chi connectivity index (χ4n) is 1.94. The van der Waals surface area contributed by atoms with Crippen LogP contribution in [0.4, 0.5) is 0 Å². The maximum absolute atomic E-state index is 12.3. The Morgan fingerprint density at radius 1 is 0.846 bits per heavy atom. The summed E-state index contributed by atoms with van der Waals surface area (Å²) >= 11 is 6.69. The van der Waals surface area contributed by atoms with Gasteiger partial charge in [0.15, 0.2) is 0 Å². The first-order chi connectivity index (χ1) is 12.3. The van der Waals surface area contributed by atoms with E-state index in [-0.39, 0.29) is 9.10 Å². The van der Waals surface area contributed by atoms with Gasteiger partial charge in [-0.15, -0.1) is 21.0 Å². The van der Waals surface area contributed by atoms with Gasteiger partial charge in [0.2, 0.25) is 0 Å². The Morgan fingerprint density at radius 2 is 1.54 bits per heavy atom. The van der Waals surface area contributed by atoms with Crippen molar-refractivity contribution in [3.63, 3.8) is 0 Å². The zero-order valence-electron chi connectivity index (χ0n) is 13.0. The molecule has 1 aromatic carbocycles.